The van der Waals surface area contributed by atoms with Crippen LogP contribution in [0.5, 0.6) is 0 Å². The summed E-state index contributed by atoms with van der Waals surface area (Å²) in [4.78, 5) is 13.6. The van der Waals surface area contributed by atoms with Crippen molar-refractivity contribution >= 4 is 15.7 Å². The van der Waals surface area contributed by atoms with E-state index in [4.69, 9.17) is 0 Å². The molecule has 1 aliphatic rings. The number of likely N-dealkylation sites (tertiary alicyclic amines) is 1. The largest absolute Gasteiger partial charge is 0.342 e. The Kier molecular flexibility index (Phi) is 5.91. The van der Waals surface area contributed by atoms with Crippen LogP contribution in [-0.4, -0.2) is 57.4 Å². The van der Waals surface area contributed by atoms with E-state index in [0.29, 0.717) is 19.5 Å². The maximum atomic E-state index is 11.7. The molecule has 0 unspecified atom stereocenters. The fraction of sp³-hybridized carbons (Fsp3) is 0.909. The molecule has 100 valence electrons. The third-order valence-electron chi connectivity index (χ3n) is 2.85. The van der Waals surface area contributed by atoms with Gasteiger partial charge >= 0.3 is 0 Å². The molecule has 1 saturated heterocycles. The van der Waals surface area contributed by atoms with Crippen LogP contribution in [0.15, 0.2) is 0 Å². The lowest BCUT2D eigenvalue weighted by molar-refractivity contribution is -0.131. The Labute approximate surface area is 103 Å². The van der Waals surface area contributed by atoms with Crippen LogP contribution in [0.25, 0.3) is 0 Å². The standard InChI is InChI=1S/C11H22N2O3S/c1-17(15,16)9-5-6-12-10-11(14)13-7-3-2-4-8-13/h12H,2-10H2,1H3. The number of nitrogens with zero attached hydrogens (tertiary/aromatic N) is 1. The van der Waals surface area contributed by atoms with E-state index in [1.807, 2.05) is 4.90 Å². The summed E-state index contributed by atoms with van der Waals surface area (Å²) < 4.78 is 21.7. The molecule has 1 aliphatic heterocycles. The number of hydrogen-bond donors (Lipinski definition) is 1. The fourth-order valence-corrected chi connectivity index (χ4v) is 2.58. The third-order valence-corrected chi connectivity index (χ3v) is 3.88. The molecule has 0 bridgehead atoms. The molecule has 0 spiro atoms. The van der Waals surface area contributed by atoms with E-state index in [-0.39, 0.29) is 11.7 Å². The van der Waals surface area contributed by atoms with Gasteiger partial charge in [0, 0.05) is 19.3 Å². The quantitative estimate of drug-likeness (QED) is 0.686. The maximum absolute atomic E-state index is 11.7. The maximum Gasteiger partial charge on any atom is 0.236 e. The van der Waals surface area contributed by atoms with E-state index < -0.39 is 9.84 Å². The Balaban J connectivity index is 2.07. The van der Waals surface area contributed by atoms with Crippen LogP contribution in [0.4, 0.5) is 0 Å². The van der Waals surface area contributed by atoms with Crippen molar-refractivity contribution in [3.8, 4) is 0 Å². The predicted octanol–water partition coefficient (Wildman–Crippen LogP) is 0.0232. The second kappa shape index (κ2) is 6.96. The molecule has 1 N–H and O–H groups in total. The van der Waals surface area contributed by atoms with Gasteiger partial charge in [-0.05, 0) is 32.2 Å². The van der Waals surface area contributed by atoms with Crippen LogP contribution < -0.4 is 5.32 Å². The molecule has 17 heavy (non-hydrogen) atoms. The molecular formula is C11H22N2O3S. The summed E-state index contributed by atoms with van der Waals surface area (Å²) in [6.45, 7) is 2.63. The van der Waals surface area contributed by atoms with E-state index in [1.54, 1.807) is 0 Å². The Morgan fingerprint density at radius 2 is 1.88 bits per heavy atom. The number of piperidine rings is 1. The smallest absolute Gasteiger partial charge is 0.236 e. The van der Waals surface area contributed by atoms with Crippen LogP contribution in [-0.2, 0) is 14.6 Å². The predicted molar refractivity (Wildman–Crippen MR) is 67.6 cm³/mol. The Morgan fingerprint density at radius 1 is 1.24 bits per heavy atom. The molecule has 0 aromatic heterocycles. The van der Waals surface area contributed by atoms with Gasteiger partial charge in [0.2, 0.25) is 5.91 Å². The number of hydrogen-bond acceptors (Lipinski definition) is 4. The molecule has 0 aromatic carbocycles. The van der Waals surface area contributed by atoms with E-state index in [0.717, 1.165) is 25.9 Å². The molecule has 5 nitrogen and oxygen atoms in total. The number of rotatable bonds is 6. The zero-order chi connectivity index (χ0) is 12.7. The summed E-state index contributed by atoms with van der Waals surface area (Å²) in [7, 11) is -2.88. The van der Waals surface area contributed by atoms with Crippen LogP contribution in [0.1, 0.15) is 25.7 Å². The molecule has 0 aliphatic carbocycles. The molecule has 1 fully saturated rings. The highest BCUT2D eigenvalue weighted by atomic mass is 32.2. The Hall–Kier alpha value is -0.620. The highest BCUT2D eigenvalue weighted by Gasteiger charge is 2.15. The highest BCUT2D eigenvalue weighted by Crippen LogP contribution is 2.08. The summed E-state index contributed by atoms with van der Waals surface area (Å²) >= 11 is 0. The summed E-state index contributed by atoms with van der Waals surface area (Å²) in [6.07, 6.45) is 5.20. The first-order chi connectivity index (χ1) is 7.99. The first-order valence-electron chi connectivity index (χ1n) is 6.15. The molecule has 1 heterocycles. The molecule has 0 radical (unpaired) electrons. The second-order valence-corrected chi connectivity index (χ2v) is 6.86. The molecule has 1 rings (SSSR count). The molecule has 0 atom stereocenters. The summed E-state index contributed by atoms with van der Waals surface area (Å²) in [5.41, 5.74) is 0. The van der Waals surface area contributed by atoms with Crippen molar-refractivity contribution in [3.63, 3.8) is 0 Å². The average Bonchev–Trinajstić information content (AvgIpc) is 2.28. The molecule has 0 aromatic rings. The van der Waals surface area contributed by atoms with Crippen LogP contribution in [0.3, 0.4) is 0 Å². The molecule has 0 saturated carbocycles. The van der Waals surface area contributed by atoms with Gasteiger partial charge < -0.3 is 10.2 Å². The number of amides is 1. The van der Waals surface area contributed by atoms with E-state index in [9.17, 15) is 13.2 Å². The summed E-state index contributed by atoms with van der Waals surface area (Å²) in [5.74, 6) is 0.307. The number of nitrogens with one attached hydrogen (secondary N) is 1. The first kappa shape index (κ1) is 14.4. The van der Waals surface area contributed by atoms with Crippen molar-refractivity contribution in [3.05, 3.63) is 0 Å². The molecular weight excluding hydrogens is 240 g/mol. The van der Waals surface area contributed by atoms with Gasteiger partial charge in [-0.25, -0.2) is 8.42 Å². The van der Waals surface area contributed by atoms with E-state index in [1.165, 1.54) is 12.7 Å². The van der Waals surface area contributed by atoms with Gasteiger partial charge in [0.1, 0.15) is 9.84 Å². The van der Waals surface area contributed by atoms with Crippen molar-refractivity contribution < 1.29 is 13.2 Å². The lowest BCUT2D eigenvalue weighted by Gasteiger charge is -2.26. The second-order valence-electron chi connectivity index (χ2n) is 4.60. The first-order valence-corrected chi connectivity index (χ1v) is 8.21. The van der Waals surface area contributed by atoms with Crippen LogP contribution in [0.2, 0.25) is 0 Å². The third kappa shape index (κ3) is 6.63. The Bertz CT molecular complexity index is 335. The minimum atomic E-state index is -2.88. The zero-order valence-electron chi connectivity index (χ0n) is 10.4. The summed E-state index contributed by atoms with van der Waals surface area (Å²) in [5, 5.41) is 3.00. The van der Waals surface area contributed by atoms with Gasteiger partial charge in [0.05, 0.1) is 12.3 Å². The number of carbonyl (C=O) groups is 1. The number of sulfone groups is 1. The van der Waals surface area contributed by atoms with Crippen LogP contribution >= 0.6 is 0 Å². The van der Waals surface area contributed by atoms with Gasteiger partial charge in [0.25, 0.3) is 0 Å². The van der Waals surface area contributed by atoms with Crippen molar-refractivity contribution in [2.75, 3.05) is 38.2 Å². The van der Waals surface area contributed by atoms with Crippen LogP contribution in [0, 0.1) is 0 Å². The minimum absolute atomic E-state index is 0.129. The van der Waals surface area contributed by atoms with Gasteiger partial charge in [-0.1, -0.05) is 0 Å². The van der Waals surface area contributed by atoms with E-state index >= 15 is 0 Å². The monoisotopic (exact) mass is 262 g/mol. The van der Waals surface area contributed by atoms with Gasteiger partial charge in [-0.15, -0.1) is 0 Å². The minimum Gasteiger partial charge on any atom is -0.342 e. The molecule has 6 heteroatoms. The fourth-order valence-electron chi connectivity index (χ4n) is 1.91. The number of carbonyl (C=O) groups excluding carboxylic acids is 1. The SMILES string of the molecule is CS(=O)(=O)CCCNCC(=O)N1CCCCC1. The Morgan fingerprint density at radius 3 is 2.47 bits per heavy atom. The van der Waals surface area contributed by atoms with Crippen molar-refractivity contribution in [2.45, 2.75) is 25.7 Å². The van der Waals surface area contributed by atoms with Crippen molar-refractivity contribution in [2.24, 2.45) is 0 Å². The van der Waals surface area contributed by atoms with Crippen molar-refractivity contribution in [1.29, 1.82) is 0 Å². The van der Waals surface area contributed by atoms with E-state index in [2.05, 4.69) is 5.32 Å². The topological polar surface area (TPSA) is 66.5 Å². The highest BCUT2D eigenvalue weighted by molar-refractivity contribution is 7.90. The summed E-state index contributed by atoms with van der Waals surface area (Å²) in [6, 6.07) is 0. The lowest BCUT2D eigenvalue weighted by Crippen LogP contribution is -2.41. The molecule has 1 amide bonds. The van der Waals surface area contributed by atoms with Crippen molar-refractivity contribution in [1.82, 2.24) is 10.2 Å². The van der Waals surface area contributed by atoms with Gasteiger partial charge in [-0.3, -0.25) is 4.79 Å². The zero-order valence-corrected chi connectivity index (χ0v) is 11.3. The van der Waals surface area contributed by atoms with Gasteiger partial charge in [-0.2, -0.15) is 0 Å². The van der Waals surface area contributed by atoms with Gasteiger partial charge in [0.15, 0.2) is 0 Å². The lowest BCUT2D eigenvalue weighted by atomic mass is 10.1. The average molecular weight is 262 g/mol. The normalized spacial score (nSPS) is 17.1.